The van der Waals surface area contributed by atoms with E-state index in [2.05, 4.69) is 31.1 Å². The Morgan fingerprint density at radius 3 is 1.93 bits per heavy atom. The molecule has 5 heteroatoms. The van der Waals surface area contributed by atoms with Crippen LogP contribution in [-0.4, -0.2) is 27.4 Å². The molecule has 0 aliphatic carbocycles. The molecular weight excluding hydrogens is 227 g/mol. The Morgan fingerprint density at radius 1 is 1.13 bits per heavy atom. The maximum atomic E-state index is 12.0. The second kappa shape index (κ2) is 6.50. The maximum Gasteiger partial charge on any atom is 0.342 e. The van der Waals surface area contributed by atoms with E-state index < -0.39 is 15.7 Å². The molecule has 3 nitrogen and oxygen atoms in total. The first-order valence-electron chi connectivity index (χ1n) is 5.21. The van der Waals surface area contributed by atoms with E-state index in [4.69, 9.17) is 9.05 Å². The second-order valence-electron chi connectivity index (χ2n) is 4.16. The minimum Gasteiger partial charge on any atom is -0.308 e. The Bertz CT molecular complexity index is 275. The van der Waals surface area contributed by atoms with Gasteiger partial charge in [0, 0.05) is 0 Å². The molecule has 0 N–H and O–H groups in total. The summed E-state index contributed by atoms with van der Waals surface area (Å²) in [6.07, 6.45) is 0.207. The van der Waals surface area contributed by atoms with Crippen molar-refractivity contribution in [2.45, 2.75) is 33.5 Å². The smallest absolute Gasteiger partial charge is 0.308 e. The zero-order chi connectivity index (χ0) is 11.9. The van der Waals surface area contributed by atoms with Crippen molar-refractivity contribution in [1.82, 2.24) is 0 Å². The first-order chi connectivity index (χ1) is 6.83. The molecule has 0 atom stereocenters. The number of hydrogen-bond donors (Lipinski definition) is 0. The van der Waals surface area contributed by atoms with E-state index in [1.165, 1.54) is 0 Å². The lowest BCUT2D eigenvalue weighted by Gasteiger charge is -2.14. The van der Waals surface area contributed by atoms with Crippen LogP contribution in [0.2, 0.25) is 19.6 Å². The number of hydrogen-bond acceptors (Lipinski definition) is 3. The Morgan fingerprint density at radius 2 is 1.60 bits per heavy atom. The van der Waals surface area contributed by atoms with Crippen molar-refractivity contribution in [2.24, 2.45) is 0 Å². The Kier molecular flexibility index (Phi) is 6.46. The van der Waals surface area contributed by atoms with Gasteiger partial charge in [-0.2, -0.15) is 0 Å². The maximum absolute atomic E-state index is 12.0. The minimum absolute atomic E-state index is 0.207. The van der Waals surface area contributed by atoms with E-state index in [0.29, 0.717) is 13.2 Å². The van der Waals surface area contributed by atoms with Crippen LogP contribution in [0.3, 0.4) is 0 Å². The summed E-state index contributed by atoms with van der Waals surface area (Å²) < 4.78 is 22.2. The van der Waals surface area contributed by atoms with E-state index in [1.54, 1.807) is 13.8 Å². The summed E-state index contributed by atoms with van der Waals surface area (Å²) in [4.78, 5) is 0. The fourth-order valence-electron chi connectivity index (χ4n) is 0.923. The van der Waals surface area contributed by atoms with Crippen LogP contribution in [0.4, 0.5) is 0 Å². The third kappa shape index (κ3) is 7.81. The topological polar surface area (TPSA) is 35.5 Å². The van der Waals surface area contributed by atoms with E-state index in [9.17, 15) is 4.57 Å². The van der Waals surface area contributed by atoms with Crippen molar-refractivity contribution in [3.05, 3.63) is 0 Å². The van der Waals surface area contributed by atoms with Crippen molar-refractivity contribution < 1.29 is 13.6 Å². The molecule has 0 aromatic rings. The highest BCUT2D eigenvalue weighted by atomic mass is 31.2. The zero-order valence-corrected chi connectivity index (χ0v) is 12.2. The van der Waals surface area contributed by atoms with Crippen LogP contribution in [0.5, 0.6) is 0 Å². The quantitative estimate of drug-likeness (QED) is 0.426. The molecule has 0 fully saturated rings. The van der Waals surface area contributed by atoms with Crippen molar-refractivity contribution in [3.63, 3.8) is 0 Å². The van der Waals surface area contributed by atoms with Crippen LogP contribution in [0.15, 0.2) is 0 Å². The molecule has 0 saturated heterocycles. The summed E-state index contributed by atoms with van der Waals surface area (Å²) >= 11 is 0. The third-order valence-electron chi connectivity index (χ3n) is 1.39. The van der Waals surface area contributed by atoms with Crippen molar-refractivity contribution in [3.8, 4) is 11.5 Å². The Balaban J connectivity index is 4.41. The summed E-state index contributed by atoms with van der Waals surface area (Å²) in [5.41, 5.74) is 3.15. The predicted molar refractivity (Wildman–Crippen MR) is 66.8 cm³/mol. The van der Waals surface area contributed by atoms with Crippen LogP contribution < -0.4 is 0 Å². The second-order valence-corrected chi connectivity index (χ2v) is 11.0. The van der Waals surface area contributed by atoms with E-state index in [-0.39, 0.29) is 6.16 Å². The average Bonchev–Trinajstić information content (AvgIpc) is 2.01. The summed E-state index contributed by atoms with van der Waals surface area (Å²) in [5, 5.41) is 0. The van der Waals surface area contributed by atoms with Gasteiger partial charge in [0.1, 0.15) is 14.2 Å². The Labute approximate surface area is 94.1 Å². The first kappa shape index (κ1) is 14.9. The van der Waals surface area contributed by atoms with Gasteiger partial charge < -0.3 is 9.05 Å². The summed E-state index contributed by atoms with van der Waals surface area (Å²) in [7, 11) is -4.35. The third-order valence-corrected chi connectivity index (χ3v) is 4.16. The highest BCUT2D eigenvalue weighted by molar-refractivity contribution is 7.54. The molecule has 0 heterocycles. The summed E-state index contributed by atoms with van der Waals surface area (Å²) in [5.74, 6) is 2.93. The molecule has 15 heavy (non-hydrogen) atoms. The monoisotopic (exact) mass is 248 g/mol. The fourth-order valence-corrected chi connectivity index (χ4v) is 3.01. The predicted octanol–water partition coefficient (Wildman–Crippen LogP) is 3.13. The van der Waals surface area contributed by atoms with E-state index >= 15 is 0 Å². The van der Waals surface area contributed by atoms with E-state index in [1.807, 2.05) is 0 Å². The van der Waals surface area contributed by atoms with Crippen LogP contribution in [-0.2, 0) is 13.6 Å². The summed E-state index contributed by atoms with van der Waals surface area (Å²) in [6, 6.07) is 0. The van der Waals surface area contributed by atoms with Gasteiger partial charge in [0.25, 0.3) is 0 Å². The SMILES string of the molecule is CCOP(=O)(CC#C[Si](C)(C)C)OCC. The molecule has 0 radical (unpaired) electrons. The van der Waals surface area contributed by atoms with Gasteiger partial charge in [-0.15, -0.1) is 5.54 Å². The van der Waals surface area contributed by atoms with Crippen LogP contribution in [0.25, 0.3) is 0 Å². The molecule has 0 bridgehead atoms. The molecule has 0 aliphatic rings. The van der Waals surface area contributed by atoms with Crippen molar-refractivity contribution in [2.75, 3.05) is 19.4 Å². The molecule has 0 saturated carbocycles. The fraction of sp³-hybridized carbons (Fsp3) is 0.800. The van der Waals surface area contributed by atoms with Crippen LogP contribution in [0, 0.1) is 11.5 Å². The molecule has 88 valence electrons. The average molecular weight is 248 g/mol. The molecular formula is C10H21O3PSi. The first-order valence-corrected chi connectivity index (χ1v) is 10.4. The molecule has 0 rings (SSSR count). The zero-order valence-electron chi connectivity index (χ0n) is 10.3. The summed E-state index contributed by atoms with van der Waals surface area (Å²) in [6.45, 7) is 10.8. The lowest BCUT2D eigenvalue weighted by Crippen LogP contribution is -2.16. The van der Waals surface area contributed by atoms with Gasteiger partial charge >= 0.3 is 7.60 Å². The molecule has 0 spiro atoms. The van der Waals surface area contributed by atoms with Crippen LogP contribution in [0.1, 0.15) is 13.8 Å². The van der Waals surface area contributed by atoms with Crippen molar-refractivity contribution >= 4 is 15.7 Å². The van der Waals surface area contributed by atoms with Gasteiger partial charge in [-0.3, -0.25) is 4.57 Å². The normalized spacial score (nSPS) is 12.1. The van der Waals surface area contributed by atoms with Gasteiger partial charge in [0.05, 0.1) is 13.2 Å². The van der Waals surface area contributed by atoms with Gasteiger partial charge in [-0.25, -0.2) is 0 Å². The molecule has 0 aliphatic heterocycles. The Hall–Kier alpha value is -0.0731. The van der Waals surface area contributed by atoms with Gasteiger partial charge in [0.15, 0.2) is 0 Å². The lowest BCUT2D eigenvalue weighted by atomic mass is 10.8. The number of rotatable bonds is 5. The molecule has 0 aromatic heterocycles. The highest BCUT2D eigenvalue weighted by Gasteiger charge is 2.21. The van der Waals surface area contributed by atoms with Crippen molar-refractivity contribution in [1.29, 1.82) is 0 Å². The van der Waals surface area contributed by atoms with Gasteiger partial charge in [0.2, 0.25) is 0 Å². The molecule has 0 aromatic carbocycles. The van der Waals surface area contributed by atoms with Crippen LogP contribution >= 0.6 is 7.60 Å². The molecule has 0 unspecified atom stereocenters. The van der Waals surface area contributed by atoms with Gasteiger partial charge in [-0.1, -0.05) is 25.6 Å². The highest BCUT2D eigenvalue weighted by Crippen LogP contribution is 2.47. The molecule has 0 amide bonds. The largest absolute Gasteiger partial charge is 0.342 e. The lowest BCUT2D eigenvalue weighted by molar-refractivity contribution is 0.223. The minimum atomic E-state index is -2.96. The van der Waals surface area contributed by atoms with Gasteiger partial charge in [-0.05, 0) is 13.8 Å². The standard InChI is InChI=1S/C10H21O3PSi/c1-6-12-14(11,13-7-2)9-8-10-15(3,4)5/h6-7,9H2,1-5H3. The van der Waals surface area contributed by atoms with E-state index in [0.717, 1.165) is 0 Å².